The van der Waals surface area contributed by atoms with Crippen molar-refractivity contribution in [2.75, 3.05) is 5.32 Å². The highest BCUT2D eigenvalue weighted by Gasteiger charge is 2.18. The van der Waals surface area contributed by atoms with Crippen LogP contribution in [0.15, 0.2) is 34.3 Å². The van der Waals surface area contributed by atoms with E-state index in [1.165, 1.54) is 19.1 Å². The van der Waals surface area contributed by atoms with Gasteiger partial charge in [0.25, 0.3) is 10.0 Å². The molecule has 2 N–H and O–H groups in total. The number of sulfonamides is 1. The van der Waals surface area contributed by atoms with Gasteiger partial charge in [-0.05, 0) is 49.4 Å². The number of benzene rings is 1. The van der Waals surface area contributed by atoms with Crippen LogP contribution < -0.4 is 10.1 Å². The second-order valence-corrected chi connectivity index (χ2v) is 7.21. The van der Waals surface area contributed by atoms with E-state index in [9.17, 15) is 13.2 Å². The number of hydrogen-bond acceptors (Lipinski definition) is 4. The molecule has 2 rings (SSSR count). The molecule has 0 radical (unpaired) electrons. The Balaban J connectivity index is 2.09. The van der Waals surface area contributed by atoms with Crippen molar-refractivity contribution in [1.82, 2.24) is 4.83 Å². The molecule has 7 heteroatoms. The van der Waals surface area contributed by atoms with Gasteiger partial charge in [0.15, 0.2) is 0 Å². The van der Waals surface area contributed by atoms with Gasteiger partial charge < -0.3 is 5.32 Å². The second kappa shape index (κ2) is 6.91. The van der Waals surface area contributed by atoms with Crippen molar-refractivity contribution < 1.29 is 13.2 Å². The first kappa shape index (κ1) is 16.5. The lowest BCUT2D eigenvalue weighted by molar-refractivity contribution is -0.114. The highest BCUT2D eigenvalue weighted by Crippen LogP contribution is 2.21. The van der Waals surface area contributed by atoms with Crippen molar-refractivity contribution >= 4 is 27.3 Å². The van der Waals surface area contributed by atoms with Gasteiger partial charge >= 0.3 is 0 Å². The summed E-state index contributed by atoms with van der Waals surface area (Å²) < 4.78 is 24.4. The number of nitrogens with zero attached hydrogens (tertiary/aromatic N) is 1. The fourth-order valence-corrected chi connectivity index (χ4v) is 3.27. The molecule has 6 nitrogen and oxygen atoms in total. The molecular weight excluding hydrogens is 302 g/mol. The van der Waals surface area contributed by atoms with Gasteiger partial charge in [-0.3, -0.25) is 4.79 Å². The number of carbonyl (C=O) groups is 1. The van der Waals surface area contributed by atoms with Gasteiger partial charge in [0.05, 0.1) is 4.90 Å². The molecule has 1 aliphatic rings. The van der Waals surface area contributed by atoms with E-state index < -0.39 is 10.0 Å². The summed E-state index contributed by atoms with van der Waals surface area (Å²) in [5.41, 5.74) is 1.46. The van der Waals surface area contributed by atoms with Crippen LogP contribution in [-0.4, -0.2) is 20.0 Å². The van der Waals surface area contributed by atoms with E-state index in [2.05, 4.69) is 22.2 Å². The summed E-state index contributed by atoms with van der Waals surface area (Å²) in [7, 11) is -3.68. The Morgan fingerprint density at radius 1 is 1.23 bits per heavy atom. The largest absolute Gasteiger partial charge is 0.326 e. The molecule has 1 fully saturated rings. The van der Waals surface area contributed by atoms with Crippen LogP contribution in [0.3, 0.4) is 0 Å². The average molecular weight is 323 g/mol. The quantitative estimate of drug-likeness (QED) is 0.834. The highest BCUT2D eigenvalue weighted by molar-refractivity contribution is 7.89. The number of carbonyl (C=O) groups excluding carboxylic acids is 1. The summed E-state index contributed by atoms with van der Waals surface area (Å²) in [6, 6.07) is 5.98. The number of hydrogen-bond donors (Lipinski definition) is 2. The Morgan fingerprint density at radius 3 is 2.50 bits per heavy atom. The van der Waals surface area contributed by atoms with E-state index in [-0.39, 0.29) is 10.8 Å². The third-order valence-corrected chi connectivity index (χ3v) is 4.91. The zero-order valence-electron chi connectivity index (χ0n) is 12.8. The Labute approximate surface area is 131 Å². The first-order chi connectivity index (χ1) is 10.4. The molecule has 0 spiro atoms. The van der Waals surface area contributed by atoms with Crippen molar-refractivity contribution in [2.24, 2.45) is 11.0 Å². The maximum absolute atomic E-state index is 12.2. The predicted octanol–water partition coefficient (Wildman–Crippen LogP) is 2.49. The number of nitrogens with one attached hydrogen (secondary N) is 2. The standard InChI is InChI=1S/C15H21N3O3S/c1-11-5-3-4-6-15(11)17-18-22(20,21)14-9-7-13(8-10-14)16-12(2)19/h7-11,18H,3-6H2,1-2H3,(H,16,19)/b17-15+/t11-/m1/s1. The number of amides is 1. The summed E-state index contributed by atoms with van der Waals surface area (Å²) in [4.78, 5) is 13.4. The zero-order chi connectivity index (χ0) is 16.2. The maximum Gasteiger partial charge on any atom is 0.276 e. The molecule has 0 bridgehead atoms. The van der Waals surface area contributed by atoms with Crippen molar-refractivity contribution in [3.63, 3.8) is 0 Å². The Hall–Kier alpha value is -1.89. The molecule has 1 amide bonds. The summed E-state index contributed by atoms with van der Waals surface area (Å²) >= 11 is 0. The molecule has 0 saturated heterocycles. The summed E-state index contributed by atoms with van der Waals surface area (Å²) in [5, 5.41) is 6.68. The molecule has 22 heavy (non-hydrogen) atoms. The van der Waals surface area contributed by atoms with E-state index in [0.717, 1.165) is 31.4 Å². The lowest BCUT2D eigenvalue weighted by atomic mass is 9.89. The number of anilines is 1. The van der Waals surface area contributed by atoms with Gasteiger partial charge in [-0.25, -0.2) is 4.83 Å². The van der Waals surface area contributed by atoms with Crippen LogP contribution in [0.1, 0.15) is 39.5 Å². The monoisotopic (exact) mass is 323 g/mol. The lowest BCUT2D eigenvalue weighted by Gasteiger charge is -2.20. The second-order valence-electron chi connectivity index (χ2n) is 5.55. The van der Waals surface area contributed by atoms with E-state index >= 15 is 0 Å². The molecule has 1 aromatic carbocycles. The fraction of sp³-hybridized carbons (Fsp3) is 0.467. The Morgan fingerprint density at radius 2 is 1.91 bits per heavy atom. The van der Waals surface area contributed by atoms with Crippen LogP contribution in [0.4, 0.5) is 5.69 Å². The molecule has 1 aliphatic carbocycles. The summed E-state index contributed by atoms with van der Waals surface area (Å²) in [6.45, 7) is 3.46. The molecule has 0 heterocycles. The van der Waals surface area contributed by atoms with Gasteiger partial charge in [-0.1, -0.05) is 13.3 Å². The van der Waals surface area contributed by atoms with Gasteiger partial charge in [0.1, 0.15) is 0 Å². The Kier molecular flexibility index (Phi) is 5.18. The smallest absolute Gasteiger partial charge is 0.276 e. The highest BCUT2D eigenvalue weighted by atomic mass is 32.2. The van der Waals surface area contributed by atoms with Crippen molar-refractivity contribution in [3.8, 4) is 0 Å². The molecule has 0 unspecified atom stereocenters. The number of hydrazone groups is 1. The zero-order valence-corrected chi connectivity index (χ0v) is 13.6. The van der Waals surface area contributed by atoms with Crippen molar-refractivity contribution in [2.45, 2.75) is 44.4 Å². The van der Waals surface area contributed by atoms with Crippen LogP contribution in [0.25, 0.3) is 0 Å². The van der Waals surface area contributed by atoms with Gasteiger partial charge in [0.2, 0.25) is 5.91 Å². The van der Waals surface area contributed by atoms with E-state index in [1.807, 2.05) is 0 Å². The Bertz CT molecular complexity index is 666. The third kappa shape index (κ3) is 4.30. The van der Waals surface area contributed by atoms with Crippen LogP contribution in [0.5, 0.6) is 0 Å². The SMILES string of the molecule is CC(=O)Nc1ccc(S(=O)(=O)N/N=C2\CCCC[C@H]2C)cc1. The minimum Gasteiger partial charge on any atom is -0.326 e. The first-order valence-corrected chi connectivity index (χ1v) is 8.83. The van der Waals surface area contributed by atoms with Crippen molar-refractivity contribution in [3.05, 3.63) is 24.3 Å². The first-order valence-electron chi connectivity index (χ1n) is 7.34. The topological polar surface area (TPSA) is 87.6 Å². The van der Waals surface area contributed by atoms with Crippen LogP contribution in [-0.2, 0) is 14.8 Å². The van der Waals surface area contributed by atoms with E-state index in [4.69, 9.17) is 0 Å². The lowest BCUT2D eigenvalue weighted by Crippen LogP contribution is -2.24. The molecule has 1 atom stereocenters. The van der Waals surface area contributed by atoms with Crippen LogP contribution in [0.2, 0.25) is 0 Å². The van der Waals surface area contributed by atoms with Crippen LogP contribution >= 0.6 is 0 Å². The van der Waals surface area contributed by atoms with Crippen LogP contribution in [0, 0.1) is 5.92 Å². The third-order valence-electron chi connectivity index (χ3n) is 3.68. The molecule has 1 aromatic rings. The fourth-order valence-electron chi connectivity index (χ4n) is 2.43. The predicted molar refractivity (Wildman–Crippen MR) is 86.1 cm³/mol. The molecule has 120 valence electrons. The minimum absolute atomic E-state index is 0.120. The number of rotatable bonds is 4. The molecular formula is C15H21N3O3S. The van der Waals surface area contributed by atoms with Gasteiger partial charge in [-0.15, -0.1) is 0 Å². The van der Waals surface area contributed by atoms with Gasteiger partial charge in [0, 0.05) is 18.3 Å². The molecule has 1 saturated carbocycles. The summed E-state index contributed by atoms with van der Waals surface area (Å²) in [5.74, 6) is 0.116. The van der Waals surface area contributed by atoms with E-state index in [1.54, 1.807) is 12.1 Å². The minimum atomic E-state index is -3.68. The normalized spacial score (nSPS) is 20.6. The maximum atomic E-state index is 12.2. The van der Waals surface area contributed by atoms with E-state index in [0.29, 0.717) is 11.6 Å². The molecule has 0 aliphatic heterocycles. The summed E-state index contributed by atoms with van der Waals surface area (Å²) in [6.07, 6.45) is 4.10. The molecule has 0 aromatic heterocycles. The van der Waals surface area contributed by atoms with Crippen molar-refractivity contribution in [1.29, 1.82) is 0 Å². The average Bonchev–Trinajstić information content (AvgIpc) is 2.46. The van der Waals surface area contributed by atoms with Gasteiger partial charge in [-0.2, -0.15) is 13.5 Å².